The van der Waals surface area contributed by atoms with Gasteiger partial charge in [0, 0.05) is 52.8 Å². The molecule has 1 atom stereocenters. The lowest BCUT2D eigenvalue weighted by Gasteiger charge is -2.25. The average molecular weight is 491 g/mol. The Morgan fingerprint density at radius 2 is 1.97 bits per heavy atom. The van der Waals surface area contributed by atoms with E-state index in [4.69, 9.17) is 27.9 Å². The minimum absolute atomic E-state index is 0.00425. The van der Waals surface area contributed by atoms with Crippen LogP contribution in [0.4, 0.5) is 0 Å². The molecular weight excluding hydrogens is 471 g/mol. The van der Waals surface area contributed by atoms with Gasteiger partial charge in [-0.2, -0.15) is 0 Å². The number of halogens is 2. The number of nitrogens with zero attached hydrogens (tertiary/aromatic N) is 3. The van der Waals surface area contributed by atoms with Gasteiger partial charge >= 0.3 is 0 Å². The van der Waals surface area contributed by atoms with Gasteiger partial charge in [0.25, 0.3) is 0 Å². The smallest absolute Gasteiger partial charge is 0.230 e. The van der Waals surface area contributed by atoms with Gasteiger partial charge in [0.15, 0.2) is 0 Å². The molecule has 1 aromatic carbocycles. The number of carbonyl (C=O) groups is 2. The van der Waals surface area contributed by atoms with Crippen molar-refractivity contribution in [1.82, 2.24) is 20.2 Å². The zero-order chi connectivity index (χ0) is 22.2. The van der Waals surface area contributed by atoms with E-state index in [1.165, 1.54) is 22.6 Å². The van der Waals surface area contributed by atoms with Gasteiger partial charge in [-0.3, -0.25) is 14.5 Å². The van der Waals surface area contributed by atoms with Gasteiger partial charge < -0.3 is 10.1 Å². The van der Waals surface area contributed by atoms with E-state index in [9.17, 15) is 9.59 Å². The highest BCUT2D eigenvalue weighted by atomic mass is 35.5. The quantitative estimate of drug-likeness (QED) is 0.546. The lowest BCUT2D eigenvalue weighted by atomic mass is 9.98. The number of amides is 2. The Labute approximate surface area is 198 Å². The van der Waals surface area contributed by atoms with Crippen LogP contribution in [0.1, 0.15) is 23.3 Å². The molecule has 3 aromatic rings. The van der Waals surface area contributed by atoms with Crippen LogP contribution in [0.25, 0.3) is 21.5 Å². The molecule has 7 nitrogen and oxygen atoms in total. The first kappa shape index (κ1) is 21.7. The Hall–Kier alpha value is -2.10. The molecule has 2 amide bonds. The molecule has 0 spiro atoms. The summed E-state index contributed by atoms with van der Waals surface area (Å²) in [5.74, 6) is -0.271. The number of nitrogens with one attached hydrogen (secondary N) is 1. The van der Waals surface area contributed by atoms with Crippen LogP contribution in [0.5, 0.6) is 0 Å². The van der Waals surface area contributed by atoms with Crippen molar-refractivity contribution >= 4 is 56.6 Å². The van der Waals surface area contributed by atoms with Crippen LogP contribution in [0.15, 0.2) is 24.5 Å². The van der Waals surface area contributed by atoms with Gasteiger partial charge in [-0.25, -0.2) is 9.97 Å². The van der Waals surface area contributed by atoms with Crippen molar-refractivity contribution in [2.75, 3.05) is 19.7 Å². The predicted molar refractivity (Wildman–Crippen MR) is 124 cm³/mol. The Balaban J connectivity index is 1.55. The summed E-state index contributed by atoms with van der Waals surface area (Å²) in [5.41, 5.74) is 3.25. The normalized spacial score (nSPS) is 19.3. The second-order valence-electron chi connectivity index (χ2n) is 7.84. The average Bonchev–Trinajstić information content (AvgIpc) is 3.34. The highest BCUT2D eigenvalue weighted by Gasteiger charge is 2.29. The molecular formula is C22H20Cl2N4O3S. The highest BCUT2D eigenvalue weighted by molar-refractivity contribution is 7.19. The summed E-state index contributed by atoms with van der Waals surface area (Å²) in [6, 6.07) is 5.51. The van der Waals surface area contributed by atoms with Crippen LogP contribution in [0.2, 0.25) is 10.0 Å². The maximum absolute atomic E-state index is 12.0. The molecule has 0 aliphatic carbocycles. The minimum atomic E-state index is -0.135. The number of hydrogen-bond acceptors (Lipinski definition) is 7. The zero-order valence-corrected chi connectivity index (χ0v) is 19.4. The van der Waals surface area contributed by atoms with Crippen LogP contribution in [-0.2, 0) is 27.3 Å². The topological polar surface area (TPSA) is 84.4 Å². The molecule has 0 unspecified atom stereocenters. The lowest BCUT2D eigenvalue weighted by molar-refractivity contribution is -0.138. The summed E-state index contributed by atoms with van der Waals surface area (Å²) < 4.78 is 6.76. The van der Waals surface area contributed by atoms with E-state index in [0.717, 1.165) is 45.0 Å². The highest BCUT2D eigenvalue weighted by Crippen LogP contribution is 2.39. The number of fused-ring (bicyclic) bond motifs is 1. The number of benzene rings is 1. The molecule has 0 radical (unpaired) electrons. The van der Waals surface area contributed by atoms with E-state index in [-0.39, 0.29) is 37.3 Å². The van der Waals surface area contributed by atoms with Crippen molar-refractivity contribution in [3.8, 4) is 11.3 Å². The molecule has 5 rings (SSSR count). The first-order chi connectivity index (χ1) is 15.5. The van der Waals surface area contributed by atoms with E-state index in [1.807, 2.05) is 12.1 Å². The molecule has 2 saturated heterocycles. The van der Waals surface area contributed by atoms with E-state index < -0.39 is 0 Å². The molecule has 0 saturated carbocycles. The summed E-state index contributed by atoms with van der Waals surface area (Å²) in [4.78, 5) is 35.2. The molecule has 1 N–H and O–H groups in total. The first-order valence-electron chi connectivity index (χ1n) is 10.4. The predicted octanol–water partition coefficient (Wildman–Crippen LogP) is 3.85. The van der Waals surface area contributed by atoms with Crippen molar-refractivity contribution in [2.45, 2.75) is 31.9 Å². The third kappa shape index (κ3) is 4.25. The number of morpholine rings is 1. The maximum Gasteiger partial charge on any atom is 0.230 e. The van der Waals surface area contributed by atoms with Crippen LogP contribution in [0.3, 0.4) is 0 Å². The second-order valence-corrected chi connectivity index (χ2v) is 9.82. The van der Waals surface area contributed by atoms with Gasteiger partial charge in [-0.15, -0.1) is 11.3 Å². The minimum Gasteiger partial charge on any atom is -0.375 e. The molecule has 2 aliphatic heterocycles. The largest absolute Gasteiger partial charge is 0.375 e. The molecule has 2 aromatic heterocycles. The molecule has 2 aliphatic rings. The van der Waals surface area contributed by atoms with Crippen LogP contribution < -0.4 is 5.32 Å². The number of likely N-dealkylation sites (tertiary alicyclic amines) is 1. The molecule has 32 heavy (non-hydrogen) atoms. The Kier molecular flexibility index (Phi) is 6.14. The summed E-state index contributed by atoms with van der Waals surface area (Å²) in [6.45, 7) is 2.50. The van der Waals surface area contributed by atoms with Gasteiger partial charge in [0.1, 0.15) is 6.33 Å². The number of hydrogen-bond donors (Lipinski definition) is 1. The van der Waals surface area contributed by atoms with Crippen molar-refractivity contribution in [3.05, 3.63) is 45.0 Å². The number of aromatic nitrogens is 2. The summed E-state index contributed by atoms with van der Waals surface area (Å²) in [6.07, 6.45) is 2.69. The molecule has 2 fully saturated rings. The monoisotopic (exact) mass is 490 g/mol. The summed E-state index contributed by atoms with van der Waals surface area (Å²) >= 11 is 14.5. The van der Waals surface area contributed by atoms with Gasteiger partial charge in [-0.05, 0) is 23.8 Å². The number of carbonyl (C=O) groups excluding carboxylic acids is 2. The standard InChI is InChI=1S/C22H20Cl2N4O3S/c23-12-5-16(15(17(24)6-12)7-13-9-25-3-4-31-13)21-22-18(26-11-27-21)8-14(32-22)10-28-19(29)1-2-20(28)30/h5-6,8,11,13,25H,1-4,7,9-10H2/t13-/m0/s1. The maximum atomic E-state index is 12.0. The fraction of sp³-hybridized carbons (Fsp3) is 0.364. The van der Waals surface area contributed by atoms with Crippen molar-refractivity contribution < 1.29 is 14.3 Å². The second kappa shape index (κ2) is 9.03. The van der Waals surface area contributed by atoms with E-state index in [1.54, 1.807) is 6.07 Å². The Bertz CT molecular complexity index is 1190. The number of ether oxygens (including phenoxy) is 1. The van der Waals surface area contributed by atoms with Crippen LogP contribution in [0, 0.1) is 0 Å². The fourth-order valence-electron chi connectivity index (χ4n) is 4.13. The van der Waals surface area contributed by atoms with E-state index in [2.05, 4.69) is 15.3 Å². The molecule has 0 bridgehead atoms. The third-order valence-corrected chi connectivity index (χ3v) is 7.35. The van der Waals surface area contributed by atoms with Gasteiger partial charge in [-0.1, -0.05) is 23.2 Å². The fourth-order valence-corrected chi connectivity index (χ4v) is 5.80. The Morgan fingerprint density at radius 3 is 2.72 bits per heavy atom. The SMILES string of the molecule is O=C1CCC(=O)N1Cc1cc2ncnc(-c3cc(Cl)cc(Cl)c3C[C@H]3CNCCO3)c2s1. The summed E-state index contributed by atoms with van der Waals surface area (Å²) in [5, 5.41) is 4.43. The number of rotatable bonds is 5. The van der Waals surface area contributed by atoms with Crippen LogP contribution >= 0.6 is 34.5 Å². The Morgan fingerprint density at radius 1 is 1.16 bits per heavy atom. The van der Waals surface area contributed by atoms with Crippen LogP contribution in [-0.4, -0.2) is 52.5 Å². The van der Waals surface area contributed by atoms with E-state index in [0.29, 0.717) is 23.1 Å². The molecule has 10 heteroatoms. The number of imide groups is 1. The van der Waals surface area contributed by atoms with Crippen molar-refractivity contribution in [2.24, 2.45) is 0 Å². The van der Waals surface area contributed by atoms with Crippen molar-refractivity contribution in [1.29, 1.82) is 0 Å². The zero-order valence-electron chi connectivity index (χ0n) is 17.1. The molecule has 166 valence electrons. The van der Waals surface area contributed by atoms with E-state index >= 15 is 0 Å². The molecule has 4 heterocycles. The number of thiophene rings is 1. The lowest BCUT2D eigenvalue weighted by Crippen LogP contribution is -2.39. The van der Waals surface area contributed by atoms with Gasteiger partial charge in [0.2, 0.25) is 11.8 Å². The summed E-state index contributed by atoms with van der Waals surface area (Å²) in [7, 11) is 0. The van der Waals surface area contributed by atoms with Crippen molar-refractivity contribution in [3.63, 3.8) is 0 Å². The van der Waals surface area contributed by atoms with Gasteiger partial charge in [0.05, 0.1) is 35.2 Å². The first-order valence-corrected chi connectivity index (χ1v) is 11.9. The third-order valence-electron chi connectivity index (χ3n) is 5.68.